The number of nitrogens with zero attached hydrogens (tertiary/aromatic N) is 1. The normalized spacial score (nSPS) is 11.4. The molecule has 0 saturated heterocycles. The van der Waals surface area contributed by atoms with Crippen LogP contribution in [0.15, 0.2) is 71.6 Å². The summed E-state index contributed by atoms with van der Waals surface area (Å²) in [7, 11) is -0.907. The zero-order chi connectivity index (χ0) is 22.6. The highest BCUT2D eigenvalue weighted by Gasteiger charge is 2.21. The van der Waals surface area contributed by atoms with Crippen LogP contribution in [0.1, 0.15) is 15.9 Å². The fourth-order valence-electron chi connectivity index (χ4n) is 2.71. The molecule has 0 heterocycles. The highest BCUT2D eigenvalue weighted by molar-refractivity contribution is 7.89. The summed E-state index contributed by atoms with van der Waals surface area (Å²) in [6, 6.07) is 16.7. The van der Waals surface area contributed by atoms with Crippen LogP contribution in [0.25, 0.3) is 0 Å². The number of halogens is 2. The Morgan fingerprint density at radius 2 is 1.81 bits per heavy atom. The van der Waals surface area contributed by atoms with Gasteiger partial charge in [0, 0.05) is 25.8 Å². The summed E-state index contributed by atoms with van der Waals surface area (Å²) in [5.74, 6) is -0.557. The lowest BCUT2D eigenvalue weighted by atomic mass is 10.1. The van der Waals surface area contributed by atoms with E-state index in [0.29, 0.717) is 11.4 Å². The average molecular weight is 463 g/mol. The van der Waals surface area contributed by atoms with E-state index < -0.39 is 21.7 Å². The summed E-state index contributed by atoms with van der Waals surface area (Å²) < 4.78 is 44.6. The number of sulfonamides is 1. The highest BCUT2D eigenvalue weighted by atomic mass is 35.5. The van der Waals surface area contributed by atoms with Crippen molar-refractivity contribution in [3.63, 3.8) is 0 Å². The number of anilines is 1. The predicted octanol–water partition coefficient (Wildman–Crippen LogP) is 4.56. The monoisotopic (exact) mass is 462 g/mol. The second-order valence-corrected chi connectivity index (χ2v) is 9.39. The van der Waals surface area contributed by atoms with Crippen LogP contribution in [0.4, 0.5) is 10.1 Å². The molecule has 6 nitrogen and oxygen atoms in total. The van der Waals surface area contributed by atoms with Crippen molar-refractivity contribution in [1.29, 1.82) is 0 Å². The van der Waals surface area contributed by atoms with Crippen molar-refractivity contribution < 1.29 is 22.3 Å². The van der Waals surface area contributed by atoms with Crippen LogP contribution < -0.4 is 10.1 Å². The van der Waals surface area contributed by atoms with Gasteiger partial charge >= 0.3 is 0 Å². The van der Waals surface area contributed by atoms with Crippen molar-refractivity contribution >= 4 is 33.2 Å². The molecule has 0 bridgehead atoms. The molecule has 1 amide bonds. The first-order valence-corrected chi connectivity index (χ1v) is 11.0. The van der Waals surface area contributed by atoms with Crippen LogP contribution in [0.2, 0.25) is 5.02 Å². The number of carbonyl (C=O) groups is 1. The molecule has 1 N–H and O–H groups in total. The molecule has 0 spiro atoms. The number of rotatable bonds is 7. The maximum absolute atomic E-state index is 13.3. The van der Waals surface area contributed by atoms with E-state index in [9.17, 15) is 17.6 Å². The van der Waals surface area contributed by atoms with Crippen molar-refractivity contribution in [1.82, 2.24) is 4.31 Å². The van der Waals surface area contributed by atoms with Gasteiger partial charge in [0.25, 0.3) is 5.91 Å². The third-order valence-corrected chi connectivity index (χ3v) is 6.49. The molecule has 0 atom stereocenters. The number of hydrogen-bond donors (Lipinski definition) is 1. The minimum Gasteiger partial charge on any atom is -0.489 e. The molecule has 0 aromatic heterocycles. The zero-order valence-electron chi connectivity index (χ0n) is 16.8. The second kappa shape index (κ2) is 9.47. The van der Waals surface area contributed by atoms with Crippen LogP contribution in [0.3, 0.4) is 0 Å². The Labute approximate surface area is 185 Å². The van der Waals surface area contributed by atoms with Crippen molar-refractivity contribution in [2.45, 2.75) is 11.5 Å². The third-order valence-electron chi connectivity index (χ3n) is 4.35. The van der Waals surface area contributed by atoms with Gasteiger partial charge in [-0.2, -0.15) is 0 Å². The van der Waals surface area contributed by atoms with Gasteiger partial charge in [0.05, 0.1) is 15.5 Å². The minimum absolute atomic E-state index is 0.0333. The lowest BCUT2D eigenvalue weighted by Crippen LogP contribution is -2.23. The van der Waals surface area contributed by atoms with Crippen molar-refractivity contribution in [3.05, 3.63) is 88.7 Å². The Hall–Kier alpha value is -2.94. The number of hydrogen-bond acceptors (Lipinski definition) is 4. The van der Waals surface area contributed by atoms with E-state index in [2.05, 4.69) is 5.32 Å². The first-order valence-electron chi connectivity index (χ1n) is 9.17. The van der Waals surface area contributed by atoms with Crippen molar-refractivity contribution in [2.75, 3.05) is 19.4 Å². The first-order chi connectivity index (χ1) is 14.7. The summed E-state index contributed by atoms with van der Waals surface area (Å²) in [5.41, 5.74) is 1.25. The van der Waals surface area contributed by atoms with Gasteiger partial charge in [-0.3, -0.25) is 4.79 Å². The average Bonchev–Trinajstić information content (AvgIpc) is 2.72. The molecule has 162 valence electrons. The molecule has 3 rings (SSSR count). The van der Waals surface area contributed by atoms with Crippen molar-refractivity contribution in [3.8, 4) is 5.75 Å². The van der Waals surface area contributed by atoms with Crippen LogP contribution >= 0.6 is 11.6 Å². The summed E-state index contributed by atoms with van der Waals surface area (Å²) in [6.07, 6.45) is 0. The number of benzene rings is 3. The maximum atomic E-state index is 13.3. The molecule has 0 aliphatic heterocycles. The molecule has 3 aromatic rings. The SMILES string of the molecule is CN(C)S(=O)(=O)c1ccc(Cl)c(C(=O)Nc2cccc(COc3cccc(F)c3)c2)c1. The topological polar surface area (TPSA) is 75.7 Å². The largest absolute Gasteiger partial charge is 0.489 e. The summed E-state index contributed by atoms with van der Waals surface area (Å²) in [6.45, 7) is 0.171. The molecular formula is C22H20ClFN2O4S. The Balaban J connectivity index is 1.76. The lowest BCUT2D eigenvalue weighted by Gasteiger charge is -2.13. The molecule has 0 saturated carbocycles. The predicted molar refractivity (Wildman–Crippen MR) is 117 cm³/mol. The minimum atomic E-state index is -3.71. The van der Waals surface area contributed by atoms with Gasteiger partial charge in [0.15, 0.2) is 0 Å². The van der Waals surface area contributed by atoms with Crippen LogP contribution in [0, 0.1) is 5.82 Å². The Morgan fingerprint density at radius 3 is 2.52 bits per heavy atom. The van der Waals surface area contributed by atoms with E-state index in [1.54, 1.807) is 36.4 Å². The fourth-order valence-corrected chi connectivity index (χ4v) is 3.84. The van der Waals surface area contributed by atoms with E-state index in [4.69, 9.17) is 16.3 Å². The van der Waals surface area contributed by atoms with Gasteiger partial charge in [0.2, 0.25) is 10.0 Å². The van der Waals surface area contributed by atoms with E-state index in [1.165, 1.54) is 44.4 Å². The molecular weight excluding hydrogens is 443 g/mol. The van der Waals surface area contributed by atoms with E-state index >= 15 is 0 Å². The molecule has 9 heteroatoms. The Bertz CT molecular complexity index is 1220. The van der Waals surface area contributed by atoms with Crippen LogP contribution in [-0.4, -0.2) is 32.7 Å². The quantitative estimate of drug-likeness (QED) is 0.558. The molecule has 0 aliphatic rings. The molecule has 3 aromatic carbocycles. The van der Waals surface area contributed by atoms with Gasteiger partial charge in [0.1, 0.15) is 18.2 Å². The van der Waals surface area contributed by atoms with Gasteiger partial charge in [-0.1, -0.05) is 29.8 Å². The number of ether oxygens (including phenoxy) is 1. The second-order valence-electron chi connectivity index (χ2n) is 6.83. The van der Waals surface area contributed by atoms with Gasteiger partial charge in [-0.05, 0) is 48.0 Å². The molecule has 0 aliphatic carbocycles. The van der Waals surface area contributed by atoms with E-state index in [-0.39, 0.29) is 22.1 Å². The van der Waals surface area contributed by atoms with Gasteiger partial charge < -0.3 is 10.1 Å². The zero-order valence-corrected chi connectivity index (χ0v) is 18.4. The van der Waals surface area contributed by atoms with E-state index in [0.717, 1.165) is 9.87 Å². The summed E-state index contributed by atoms with van der Waals surface area (Å²) in [4.78, 5) is 12.7. The highest BCUT2D eigenvalue weighted by Crippen LogP contribution is 2.24. The summed E-state index contributed by atoms with van der Waals surface area (Å²) >= 11 is 6.13. The Kier molecular flexibility index (Phi) is 6.94. The molecule has 0 unspecified atom stereocenters. The number of amides is 1. The molecule has 0 radical (unpaired) electrons. The number of carbonyl (C=O) groups excluding carboxylic acids is 1. The number of nitrogens with one attached hydrogen (secondary N) is 1. The maximum Gasteiger partial charge on any atom is 0.257 e. The standard InChI is InChI=1S/C22H20ClFN2O4S/c1-26(2)31(28,29)19-9-10-21(23)20(13-19)22(27)25-17-7-3-5-15(11-17)14-30-18-8-4-6-16(24)12-18/h3-13H,14H2,1-2H3,(H,25,27). The molecule has 0 fully saturated rings. The first kappa shape index (κ1) is 22.7. The smallest absolute Gasteiger partial charge is 0.257 e. The Morgan fingerprint density at radius 1 is 1.06 bits per heavy atom. The molecule has 31 heavy (non-hydrogen) atoms. The van der Waals surface area contributed by atoms with Crippen LogP contribution in [-0.2, 0) is 16.6 Å². The van der Waals surface area contributed by atoms with Crippen molar-refractivity contribution in [2.24, 2.45) is 0 Å². The lowest BCUT2D eigenvalue weighted by molar-refractivity contribution is 0.102. The third kappa shape index (κ3) is 5.61. The summed E-state index contributed by atoms with van der Waals surface area (Å²) in [5, 5.41) is 2.83. The fraction of sp³-hybridized carbons (Fsp3) is 0.136. The van der Waals surface area contributed by atoms with Crippen LogP contribution in [0.5, 0.6) is 5.75 Å². The van der Waals surface area contributed by atoms with Gasteiger partial charge in [-0.25, -0.2) is 17.1 Å². The van der Waals surface area contributed by atoms with Gasteiger partial charge in [-0.15, -0.1) is 0 Å². The van der Waals surface area contributed by atoms with E-state index in [1.807, 2.05) is 0 Å².